The minimum Gasteiger partial charge on any atom is -0.299 e. The maximum absolute atomic E-state index is 9.54. The molecule has 1 aliphatic carbocycles. The predicted molar refractivity (Wildman–Crippen MR) is 78.8 cm³/mol. The minimum absolute atomic E-state index is 0.247. The molecule has 1 saturated carbocycles. The van der Waals surface area contributed by atoms with Crippen LogP contribution in [0.4, 0.5) is 0 Å². The number of nitrogens with zero attached hydrogens (tertiary/aromatic N) is 2. The third kappa shape index (κ3) is 3.30. The smallest absolute Gasteiger partial charge is 0.108 e. The summed E-state index contributed by atoms with van der Waals surface area (Å²) in [5.41, 5.74) is -0.247. The van der Waals surface area contributed by atoms with Crippen molar-refractivity contribution in [3.05, 3.63) is 0 Å². The standard InChI is InChI=1S/C16H29N3/c1-4-8-18-16(12-17)7-5-15(11-16)19-9-6-13(2)10-14(19)3/h13-15,18H,4-11H2,1-3H3. The van der Waals surface area contributed by atoms with E-state index >= 15 is 0 Å². The second-order valence-electron chi connectivity index (χ2n) is 6.73. The predicted octanol–water partition coefficient (Wildman–Crippen LogP) is 2.92. The van der Waals surface area contributed by atoms with Gasteiger partial charge >= 0.3 is 0 Å². The van der Waals surface area contributed by atoms with Gasteiger partial charge in [-0.05, 0) is 64.5 Å². The van der Waals surface area contributed by atoms with Crippen LogP contribution in [0, 0.1) is 17.2 Å². The van der Waals surface area contributed by atoms with Crippen molar-refractivity contribution in [2.75, 3.05) is 13.1 Å². The molecule has 2 rings (SSSR count). The average molecular weight is 263 g/mol. The molecule has 0 aromatic heterocycles. The number of nitriles is 1. The SMILES string of the molecule is CCCNC1(C#N)CCC(N2CCC(C)CC2C)C1. The Balaban J connectivity index is 1.95. The lowest BCUT2D eigenvalue weighted by Gasteiger charge is -2.41. The van der Waals surface area contributed by atoms with Crippen LogP contribution < -0.4 is 5.32 Å². The molecule has 0 radical (unpaired) electrons. The summed E-state index contributed by atoms with van der Waals surface area (Å²) in [6.07, 6.45) is 6.96. The van der Waals surface area contributed by atoms with E-state index in [4.69, 9.17) is 0 Å². The molecule has 1 N–H and O–H groups in total. The van der Waals surface area contributed by atoms with Crippen LogP contribution in [0.5, 0.6) is 0 Å². The van der Waals surface area contributed by atoms with E-state index in [0.29, 0.717) is 12.1 Å². The lowest BCUT2D eigenvalue weighted by Crippen LogP contribution is -2.48. The number of rotatable bonds is 4. The van der Waals surface area contributed by atoms with Crippen LogP contribution in [0.2, 0.25) is 0 Å². The van der Waals surface area contributed by atoms with Gasteiger partial charge < -0.3 is 0 Å². The summed E-state index contributed by atoms with van der Waals surface area (Å²) in [6, 6.07) is 3.87. The van der Waals surface area contributed by atoms with Gasteiger partial charge in [0.25, 0.3) is 0 Å². The second kappa shape index (κ2) is 6.24. The maximum atomic E-state index is 9.54. The first-order valence-corrected chi connectivity index (χ1v) is 8.02. The first-order chi connectivity index (χ1) is 9.10. The highest BCUT2D eigenvalue weighted by molar-refractivity contribution is 5.13. The fourth-order valence-electron chi connectivity index (χ4n) is 3.94. The molecule has 3 heteroatoms. The van der Waals surface area contributed by atoms with Crippen LogP contribution in [0.3, 0.4) is 0 Å². The van der Waals surface area contributed by atoms with Gasteiger partial charge in [0.05, 0.1) is 6.07 Å². The number of piperidine rings is 1. The number of nitrogens with one attached hydrogen (secondary N) is 1. The Labute approximate surface area is 118 Å². The fourth-order valence-corrected chi connectivity index (χ4v) is 3.94. The van der Waals surface area contributed by atoms with Crippen LogP contribution in [0.25, 0.3) is 0 Å². The van der Waals surface area contributed by atoms with Crippen molar-refractivity contribution in [1.82, 2.24) is 10.2 Å². The van der Waals surface area contributed by atoms with Gasteiger partial charge in [0.2, 0.25) is 0 Å². The molecular weight excluding hydrogens is 234 g/mol. The third-order valence-corrected chi connectivity index (χ3v) is 5.07. The zero-order valence-corrected chi connectivity index (χ0v) is 12.8. The lowest BCUT2D eigenvalue weighted by molar-refractivity contribution is 0.0816. The Morgan fingerprint density at radius 3 is 2.79 bits per heavy atom. The van der Waals surface area contributed by atoms with Crippen molar-refractivity contribution >= 4 is 0 Å². The summed E-state index contributed by atoms with van der Waals surface area (Å²) < 4.78 is 0. The molecule has 1 heterocycles. The number of hydrogen-bond acceptors (Lipinski definition) is 3. The van der Waals surface area contributed by atoms with Crippen LogP contribution in [-0.4, -0.2) is 35.6 Å². The van der Waals surface area contributed by atoms with Gasteiger partial charge in [-0.15, -0.1) is 0 Å². The largest absolute Gasteiger partial charge is 0.299 e. The molecule has 1 aliphatic heterocycles. The quantitative estimate of drug-likeness (QED) is 0.847. The average Bonchev–Trinajstić information content (AvgIpc) is 2.81. The first-order valence-electron chi connectivity index (χ1n) is 8.02. The van der Waals surface area contributed by atoms with E-state index in [0.717, 1.165) is 31.7 Å². The highest BCUT2D eigenvalue weighted by atomic mass is 15.2. The normalized spacial score (nSPS) is 40.2. The zero-order valence-electron chi connectivity index (χ0n) is 12.8. The van der Waals surface area contributed by atoms with E-state index in [1.54, 1.807) is 0 Å². The van der Waals surface area contributed by atoms with Gasteiger partial charge in [0.1, 0.15) is 5.54 Å². The minimum atomic E-state index is -0.247. The third-order valence-electron chi connectivity index (χ3n) is 5.07. The Kier molecular flexibility index (Phi) is 4.86. The second-order valence-corrected chi connectivity index (χ2v) is 6.73. The van der Waals surface area contributed by atoms with Crippen molar-refractivity contribution in [1.29, 1.82) is 5.26 Å². The molecular formula is C16H29N3. The molecule has 2 fully saturated rings. The molecule has 1 saturated heterocycles. The summed E-state index contributed by atoms with van der Waals surface area (Å²) in [6.45, 7) is 9.08. The summed E-state index contributed by atoms with van der Waals surface area (Å²) in [5, 5.41) is 13.0. The van der Waals surface area contributed by atoms with Crippen molar-refractivity contribution < 1.29 is 0 Å². The van der Waals surface area contributed by atoms with Crippen LogP contribution >= 0.6 is 0 Å². The van der Waals surface area contributed by atoms with Gasteiger partial charge in [-0.1, -0.05) is 13.8 Å². The Morgan fingerprint density at radius 1 is 1.37 bits per heavy atom. The van der Waals surface area contributed by atoms with E-state index in [-0.39, 0.29) is 5.54 Å². The van der Waals surface area contributed by atoms with E-state index in [1.165, 1.54) is 25.8 Å². The highest BCUT2D eigenvalue weighted by Crippen LogP contribution is 2.36. The number of hydrogen-bond donors (Lipinski definition) is 1. The van der Waals surface area contributed by atoms with E-state index in [1.807, 2.05) is 0 Å². The summed E-state index contributed by atoms with van der Waals surface area (Å²) >= 11 is 0. The van der Waals surface area contributed by atoms with Crippen LogP contribution in [0.1, 0.15) is 59.3 Å². The van der Waals surface area contributed by atoms with Gasteiger partial charge in [-0.3, -0.25) is 10.2 Å². The van der Waals surface area contributed by atoms with Crippen LogP contribution in [0.15, 0.2) is 0 Å². The maximum Gasteiger partial charge on any atom is 0.108 e. The van der Waals surface area contributed by atoms with Gasteiger partial charge in [0.15, 0.2) is 0 Å². The molecule has 19 heavy (non-hydrogen) atoms. The molecule has 3 nitrogen and oxygen atoms in total. The fraction of sp³-hybridized carbons (Fsp3) is 0.938. The van der Waals surface area contributed by atoms with E-state index in [2.05, 4.69) is 37.1 Å². The van der Waals surface area contributed by atoms with Gasteiger partial charge in [-0.25, -0.2) is 0 Å². The molecule has 0 aromatic rings. The first kappa shape index (κ1) is 14.8. The lowest BCUT2D eigenvalue weighted by atomic mass is 9.91. The van der Waals surface area contributed by atoms with Crippen molar-refractivity contribution in [3.63, 3.8) is 0 Å². The van der Waals surface area contributed by atoms with E-state index < -0.39 is 0 Å². The highest BCUT2D eigenvalue weighted by Gasteiger charge is 2.42. The molecule has 0 spiro atoms. The molecule has 4 atom stereocenters. The number of likely N-dealkylation sites (tertiary alicyclic amines) is 1. The Bertz CT molecular complexity index is 335. The molecule has 0 bridgehead atoms. The molecule has 4 unspecified atom stereocenters. The van der Waals surface area contributed by atoms with E-state index in [9.17, 15) is 5.26 Å². The molecule has 108 valence electrons. The summed E-state index contributed by atoms with van der Waals surface area (Å²) in [4.78, 5) is 2.67. The Morgan fingerprint density at radius 2 is 2.16 bits per heavy atom. The summed E-state index contributed by atoms with van der Waals surface area (Å²) in [7, 11) is 0. The molecule has 0 aromatic carbocycles. The molecule has 0 amide bonds. The molecule has 2 aliphatic rings. The summed E-state index contributed by atoms with van der Waals surface area (Å²) in [5.74, 6) is 0.867. The van der Waals surface area contributed by atoms with Gasteiger partial charge in [-0.2, -0.15) is 5.26 Å². The zero-order chi connectivity index (χ0) is 13.9. The van der Waals surface area contributed by atoms with Gasteiger partial charge in [0, 0.05) is 12.1 Å². The van der Waals surface area contributed by atoms with Crippen LogP contribution in [-0.2, 0) is 0 Å². The van der Waals surface area contributed by atoms with Crippen molar-refractivity contribution in [2.24, 2.45) is 5.92 Å². The topological polar surface area (TPSA) is 39.1 Å². The Hall–Kier alpha value is -0.590. The van der Waals surface area contributed by atoms with Crippen molar-refractivity contribution in [2.45, 2.75) is 76.9 Å². The monoisotopic (exact) mass is 263 g/mol. The van der Waals surface area contributed by atoms with Crippen molar-refractivity contribution in [3.8, 4) is 6.07 Å².